The summed E-state index contributed by atoms with van der Waals surface area (Å²) in [7, 11) is 4.33. The number of piperidine rings is 1. The van der Waals surface area contributed by atoms with Gasteiger partial charge in [-0.15, -0.1) is 0 Å². The van der Waals surface area contributed by atoms with Gasteiger partial charge in [0.15, 0.2) is 0 Å². The molecule has 2 N–H and O–H groups in total. The Bertz CT molecular complexity index is 397. The van der Waals surface area contributed by atoms with Gasteiger partial charge < -0.3 is 15.5 Å². The first-order valence-electron chi connectivity index (χ1n) is 7.17. The van der Waals surface area contributed by atoms with Crippen LogP contribution in [0.5, 0.6) is 0 Å². The van der Waals surface area contributed by atoms with Crippen LogP contribution in [0.2, 0.25) is 0 Å². The third kappa shape index (κ3) is 3.91. The third-order valence-electron chi connectivity index (χ3n) is 4.06. The van der Waals surface area contributed by atoms with Crippen molar-refractivity contribution in [3.63, 3.8) is 0 Å². The average molecular weight is 262 g/mol. The third-order valence-corrected chi connectivity index (χ3v) is 4.06. The number of nitrogens with two attached hydrogens (primary N) is 1. The number of aromatic nitrogens is 1. The molecule has 0 unspecified atom stereocenters. The molecule has 1 saturated heterocycles. The quantitative estimate of drug-likeness (QED) is 0.900. The summed E-state index contributed by atoms with van der Waals surface area (Å²) >= 11 is 0. The van der Waals surface area contributed by atoms with Crippen LogP contribution in [0.25, 0.3) is 0 Å². The van der Waals surface area contributed by atoms with Crippen LogP contribution >= 0.6 is 0 Å². The van der Waals surface area contributed by atoms with E-state index in [1.807, 2.05) is 19.2 Å². The number of rotatable bonds is 4. The van der Waals surface area contributed by atoms with Crippen molar-refractivity contribution in [2.75, 3.05) is 38.6 Å². The Hall–Kier alpha value is -1.13. The minimum atomic E-state index is 0.0680. The van der Waals surface area contributed by atoms with Crippen molar-refractivity contribution in [1.82, 2.24) is 9.88 Å². The predicted molar refractivity (Wildman–Crippen MR) is 80.3 cm³/mol. The monoisotopic (exact) mass is 262 g/mol. The van der Waals surface area contributed by atoms with Gasteiger partial charge in [0, 0.05) is 25.8 Å². The minimum Gasteiger partial charge on any atom is -0.359 e. The highest BCUT2D eigenvalue weighted by Gasteiger charge is 2.18. The van der Waals surface area contributed by atoms with Crippen molar-refractivity contribution in [2.45, 2.75) is 25.8 Å². The molecule has 0 radical (unpaired) electrons. The van der Waals surface area contributed by atoms with Crippen LogP contribution in [0.15, 0.2) is 18.3 Å². The Morgan fingerprint density at radius 2 is 2.16 bits per heavy atom. The second-order valence-electron chi connectivity index (χ2n) is 5.86. The molecule has 0 saturated carbocycles. The molecule has 1 atom stereocenters. The lowest BCUT2D eigenvalue weighted by Crippen LogP contribution is -2.36. The summed E-state index contributed by atoms with van der Waals surface area (Å²) in [5.74, 6) is 1.82. The molecule has 0 aliphatic carbocycles. The van der Waals surface area contributed by atoms with Crippen LogP contribution in [0, 0.1) is 5.92 Å². The molecule has 0 bridgehead atoms. The lowest BCUT2D eigenvalue weighted by Gasteiger charge is -2.32. The zero-order valence-electron chi connectivity index (χ0n) is 12.3. The molecule has 1 fully saturated rings. The molecule has 4 heteroatoms. The molecule has 1 aliphatic rings. The van der Waals surface area contributed by atoms with Gasteiger partial charge in [0.1, 0.15) is 5.82 Å². The second kappa shape index (κ2) is 6.35. The highest BCUT2D eigenvalue weighted by Crippen LogP contribution is 2.21. The van der Waals surface area contributed by atoms with Crippen LogP contribution in [0.4, 0.5) is 5.82 Å². The SMILES string of the molecule is C[C@@H](N)c1ccnc(N(C)CC2CCN(C)CC2)c1. The van der Waals surface area contributed by atoms with Crippen molar-refractivity contribution >= 4 is 5.82 Å². The Morgan fingerprint density at radius 3 is 2.79 bits per heavy atom. The summed E-state index contributed by atoms with van der Waals surface area (Å²) in [5, 5.41) is 0. The molecule has 0 spiro atoms. The molecule has 1 aromatic rings. The van der Waals surface area contributed by atoms with Crippen molar-refractivity contribution in [3.05, 3.63) is 23.9 Å². The molecule has 106 valence electrons. The summed E-state index contributed by atoms with van der Waals surface area (Å²) in [6, 6.07) is 4.18. The van der Waals surface area contributed by atoms with Gasteiger partial charge >= 0.3 is 0 Å². The zero-order valence-corrected chi connectivity index (χ0v) is 12.3. The van der Waals surface area contributed by atoms with Crippen LogP contribution in [0.3, 0.4) is 0 Å². The van der Waals surface area contributed by atoms with Crippen molar-refractivity contribution < 1.29 is 0 Å². The van der Waals surface area contributed by atoms with E-state index in [-0.39, 0.29) is 6.04 Å². The fourth-order valence-corrected chi connectivity index (χ4v) is 2.65. The topological polar surface area (TPSA) is 45.4 Å². The summed E-state index contributed by atoms with van der Waals surface area (Å²) < 4.78 is 0. The summed E-state index contributed by atoms with van der Waals surface area (Å²) in [5.41, 5.74) is 7.08. The van der Waals surface area contributed by atoms with E-state index in [1.54, 1.807) is 0 Å². The number of anilines is 1. The number of likely N-dealkylation sites (tertiary alicyclic amines) is 1. The van der Waals surface area contributed by atoms with Crippen LogP contribution < -0.4 is 10.6 Å². The Kier molecular flexibility index (Phi) is 4.77. The number of hydrogen-bond acceptors (Lipinski definition) is 4. The van der Waals surface area contributed by atoms with Gasteiger partial charge in [0.05, 0.1) is 0 Å². The Labute approximate surface area is 116 Å². The van der Waals surface area contributed by atoms with E-state index >= 15 is 0 Å². The molecular weight excluding hydrogens is 236 g/mol. The lowest BCUT2D eigenvalue weighted by atomic mass is 9.96. The van der Waals surface area contributed by atoms with E-state index in [4.69, 9.17) is 5.73 Å². The first-order chi connectivity index (χ1) is 9.06. The standard InChI is InChI=1S/C15H26N4/c1-12(16)14-4-7-17-15(10-14)19(3)11-13-5-8-18(2)9-6-13/h4,7,10,12-13H,5-6,8-9,11,16H2,1-3H3/t12-/m1/s1. The Morgan fingerprint density at radius 1 is 1.47 bits per heavy atom. The van der Waals surface area contributed by atoms with E-state index in [1.165, 1.54) is 25.9 Å². The maximum absolute atomic E-state index is 5.93. The van der Waals surface area contributed by atoms with Crippen LogP contribution in [0.1, 0.15) is 31.4 Å². The van der Waals surface area contributed by atoms with Crippen LogP contribution in [-0.4, -0.2) is 43.6 Å². The van der Waals surface area contributed by atoms with E-state index in [9.17, 15) is 0 Å². The molecule has 1 aliphatic heterocycles. The largest absolute Gasteiger partial charge is 0.359 e. The van der Waals surface area contributed by atoms with Crippen molar-refractivity contribution in [3.8, 4) is 0 Å². The molecule has 1 aromatic heterocycles. The highest BCUT2D eigenvalue weighted by molar-refractivity contribution is 5.40. The molecule has 4 nitrogen and oxygen atoms in total. The van der Waals surface area contributed by atoms with Crippen molar-refractivity contribution in [1.29, 1.82) is 0 Å². The number of nitrogens with zero attached hydrogens (tertiary/aromatic N) is 3. The van der Waals surface area contributed by atoms with Gasteiger partial charge in [-0.2, -0.15) is 0 Å². The molecule has 2 rings (SSSR count). The van der Waals surface area contributed by atoms with Crippen molar-refractivity contribution in [2.24, 2.45) is 11.7 Å². The zero-order chi connectivity index (χ0) is 13.8. The molecule has 19 heavy (non-hydrogen) atoms. The van der Waals surface area contributed by atoms with Crippen LogP contribution in [-0.2, 0) is 0 Å². The maximum Gasteiger partial charge on any atom is 0.128 e. The lowest BCUT2D eigenvalue weighted by molar-refractivity contribution is 0.222. The normalized spacial score (nSPS) is 19.4. The van der Waals surface area contributed by atoms with Gasteiger partial charge in [-0.05, 0) is 63.5 Å². The summed E-state index contributed by atoms with van der Waals surface area (Å²) in [4.78, 5) is 9.14. The first kappa shape index (κ1) is 14.3. The van der Waals surface area contributed by atoms with E-state index in [0.29, 0.717) is 0 Å². The van der Waals surface area contributed by atoms with Gasteiger partial charge in [-0.25, -0.2) is 4.98 Å². The predicted octanol–water partition coefficient (Wildman–Crippen LogP) is 1.88. The fourth-order valence-electron chi connectivity index (χ4n) is 2.65. The average Bonchev–Trinajstić information content (AvgIpc) is 2.41. The first-order valence-corrected chi connectivity index (χ1v) is 7.17. The second-order valence-corrected chi connectivity index (χ2v) is 5.86. The maximum atomic E-state index is 5.93. The number of pyridine rings is 1. The van der Waals surface area contributed by atoms with Gasteiger partial charge in [0.25, 0.3) is 0 Å². The Balaban J connectivity index is 1.95. The summed E-state index contributed by atoms with van der Waals surface area (Å²) in [6.45, 7) is 5.52. The number of hydrogen-bond donors (Lipinski definition) is 1. The van der Waals surface area contributed by atoms with Gasteiger partial charge in [-0.1, -0.05) is 0 Å². The molecule has 0 amide bonds. The fraction of sp³-hybridized carbons (Fsp3) is 0.667. The summed E-state index contributed by atoms with van der Waals surface area (Å²) in [6.07, 6.45) is 4.43. The van der Waals surface area contributed by atoms with E-state index < -0.39 is 0 Å². The van der Waals surface area contributed by atoms with E-state index in [0.717, 1.165) is 23.8 Å². The highest BCUT2D eigenvalue weighted by atomic mass is 15.2. The molecule has 2 heterocycles. The molecule has 0 aromatic carbocycles. The molecular formula is C15H26N4. The van der Waals surface area contributed by atoms with E-state index in [2.05, 4.69) is 34.9 Å². The smallest absolute Gasteiger partial charge is 0.128 e. The van der Waals surface area contributed by atoms with Gasteiger partial charge in [0.2, 0.25) is 0 Å². The van der Waals surface area contributed by atoms with Gasteiger partial charge in [-0.3, -0.25) is 0 Å². The minimum absolute atomic E-state index is 0.0680.